The van der Waals surface area contributed by atoms with Crippen molar-refractivity contribution < 1.29 is 9.90 Å². The molecule has 15 heavy (non-hydrogen) atoms. The van der Waals surface area contributed by atoms with Crippen LogP contribution in [0.4, 0.5) is 0 Å². The second kappa shape index (κ2) is 5.82. The highest BCUT2D eigenvalue weighted by Gasteiger charge is 2.18. The molecule has 1 rings (SSSR count). The molecule has 1 heterocycles. The highest BCUT2D eigenvalue weighted by molar-refractivity contribution is 7.99. The number of aliphatic hydroxyl groups excluding tert-OH is 1. The van der Waals surface area contributed by atoms with Crippen molar-refractivity contribution in [1.29, 1.82) is 0 Å². The van der Waals surface area contributed by atoms with Crippen LogP contribution in [0.2, 0.25) is 0 Å². The summed E-state index contributed by atoms with van der Waals surface area (Å²) in [4.78, 5) is 14.5. The van der Waals surface area contributed by atoms with Gasteiger partial charge in [0.15, 0.2) is 0 Å². The van der Waals surface area contributed by atoms with Gasteiger partial charge in [-0.3, -0.25) is 4.79 Å². The third-order valence-corrected chi connectivity index (χ3v) is 3.40. The maximum Gasteiger partial charge on any atom is 0.267 e. The van der Waals surface area contributed by atoms with Crippen LogP contribution < -0.4 is 5.32 Å². The largest absolute Gasteiger partial charge is 0.395 e. The van der Waals surface area contributed by atoms with Crippen LogP contribution in [0.1, 0.15) is 17.4 Å². The Kier molecular flexibility index (Phi) is 4.71. The summed E-state index contributed by atoms with van der Waals surface area (Å²) in [5.74, 6) is -0.139. The number of aliphatic hydroxyl groups is 1. The van der Waals surface area contributed by atoms with E-state index in [1.165, 1.54) is 0 Å². The van der Waals surface area contributed by atoms with E-state index >= 15 is 0 Å². The average Bonchev–Trinajstić information content (AvgIpc) is 2.72. The van der Waals surface area contributed by atoms with Crippen molar-refractivity contribution >= 4 is 17.7 Å². The van der Waals surface area contributed by atoms with Crippen LogP contribution in [0.3, 0.4) is 0 Å². The van der Waals surface area contributed by atoms with Crippen LogP contribution >= 0.6 is 11.8 Å². The fourth-order valence-corrected chi connectivity index (χ4v) is 1.91. The molecule has 0 saturated carbocycles. The minimum absolute atomic E-state index is 0.0314. The first-order chi connectivity index (χ1) is 7.19. The van der Waals surface area contributed by atoms with Crippen molar-refractivity contribution in [2.45, 2.75) is 18.2 Å². The average molecular weight is 228 g/mol. The molecule has 84 valence electrons. The molecule has 0 aromatic carbocycles. The van der Waals surface area contributed by atoms with Gasteiger partial charge in [0, 0.05) is 17.5 Å². The van der Waals surface area contributed by atoms with Crippen molar-refractivity contribution in [2.75, 3.05) is 12.9 Å². The Balaban J connectivity index is 2.51. The fourth-order valence-electron chi connectivity index (χ4n) is 1.29. The normalized spacial score (nSPS) is 14.6. The van der Waals surface area contributed by atoms with E-state index in [9.17, 15) is 4.79 Å². The van der Waals surface area contributed by atoms with Gasteiger partial charge in [-0.1, -0.05) is 0 Å². The van der Waals surface area contributed by atoms with E-state index in [0.717, 1.165) is 0 Å². The molecule has 2 atom stereocenters. The third-order valence-electron chi connectivity index (χ3n) is 2.24. The molecule has 1 amide bonds. The number of carbonyl (C=O) groups is 1. The van der Waals surface area contributed by atoms with Gasteiger partial charge >= 0.3 is 0 Å². The molecule has 0 aliphatic rings. The van der Waals surface area contributed by atoms with Gasteiger partial charge in [0.2, 0.25) is 0 Å². The molecule has 0 saturated heterocycles. The number of nitrogens with one attached hydrogen (secondary N) is 2. The van der Waals surface area contributed by atoms with Gasteiger partial charge in [-0.05, 0) is 25.3 Å². The van der Waals surface area contributed by atoms with Crippen molar-refractivity contribution in [1.82, 2.24) is 10.3 Å². The Bertz CT molecular complexity index is 296. The van der Waals surface area contributed by atoms with Gasteiger partial charge in [0.1, 0.15) is 5.69 Å². The molecule has 1 aromatic rings. The number of aromatic amines is 1. The van der Waals surface area contributed by atoms with E-state index in [-0.39, 0.29) is 23.8 Å². The zero-order valence-corrected chi connectivity index (χ0v) is 9.67. The predicted octanol–water partition coefficient (Wildman–Crippen LogP) is 0.857. The molecule has 3 N–H and O–H groups in total. The highest BCUT2D eigenvalue weighted by Crippen LogP contribution is 2.10. The second-order valence-electron chi connectivity index (χ2n) is 3.30. The molecule has 2 unspecified atom stereocenters. The number of rotatable bonds is 5. The summed E-state index contributed by atoms with van der Waals surface area (Å²) in [6.45, 7) is 1.95. The maximum absolute atomic E-state index is 11.6. The van der Waals surface area contributed by atoms with Crippen LogP contribution in [0.5, 0.6) is 0 Å². The minimum Gasteiger partial charge on any atom is -0.395 e. The van der Waals surface area contributed by atoms with E-state index in [2.05, 4.69) is 10.3 Å². The summed E-state index contributed by atoms with van der Waals surface area (Å²) in [7, 11) is 0. The summed E-state index contributed by atoms with van der Waals surface area (Å²) in [6.07, 6.45) is 3.62. The Labute approximate surface area is 93.5 Å². The Morgan fingerprint density at radius 2 is 2.47 bits per heavy atom. The van der Waals surface area contributed by atoms with E-state index in [0.29, 0.717) is 5.69 Å². The first kappa shape index (κ1) is 12.1. The van der Waals surface area contributed by atoms with Gasteiger partial charge in [-0.15, -0.1) is 0 Å². The summed E-state index contributed by atoms with van der Waals surface area (Å²) in [5.41, 5.74) is 0.541. The van der Waals surface area contributed by atoms with E-state index in [1.54, 1.807) is 30.1 Å². The molecular weight excluding hydrogens is 212 g/mol. The number of hydrogen-bond donors (Lipinski definition) is 3. The van der Waals surface area contributed by atoms with Gasteiger partial charge < -0.3 is 15.4 Å². The lowest BCUT2D eigenvalue weighted by atomic mass is 10.2. The van der Waals surface area contributed by atoms with Gasteiger partial charge in [0.05, 0.1) is 6.61 Å². The van der Waals surface area contributed by atoms with Crippen molar-refractivity contribution in [2.24, 2.45) is 0 Å². The first-order valence-corrected chi connectivity index (χ1v) is 6.05. The smallest absolute Gasteiger partial charge is 0.267 e. The maximum atomic E-state index is 11.6. The lowest BCUT2D eigenvalue weighted by Crippen LogP contribution is -2.41. The minimum atomic E-state index is -0.139. The number of H-pyrrole nitrogens is 1. The predicted molar refractivity (Wildman–Crippen MR) is 62.1 cm³/mol. The number of thioether (sulfide) groups is 1. The van der Waals surface area contributed by atoms with Gasteiger partial charge in [0.25, 0.3) is 5.91 Å². The molecule has 0 spiro atoms. The lowest BCUT2D eigenvalue weighted by Gasteiger charge is -2.20. The standard InChI is InChI=1S/C10H16N2O2S/c1-7(9(6-13)15-2)12-10(14)8-4-3-5-11-8/h3-5,7,9,11,13H,6H2,1-2H3,(H,12,14). The highest BCUT2D eigenvalue weighted by atomic mass is 32.2. The van der Waals surface area contributed by atoms with Gasteiger partial charge in [-0.2, -0.15) is 11.8 Å². The quantitative estimate of drug-likeness (QED) is 0.700. The van der Waals surface area contributed by atoms with Crippen LogP contribution in [0, 0.1) is 0 Å². The number of aromatic nitrogens is 1. The van der Waals surface area contributed by atoms with Crippen LogP contribution in [0.15, 0.2) is 18.3 Å². The van der Waals surface area contributed by atoms with Crippen molar-refractivity contribution in [3.05, 3.63) is 24.0 Å². The monoisotopic (exact) mass is 228 g/mol. The zero-order chi connectivity index (χ0) is 11.3. The molecule has 5 heteroatoms. The SMILES string of the molecule is CSC(CO)C(C)NC(=O)c1ccc[nH]1. The Morgan fingerprint density at radius 1 is 1.73 bits per heavy atom. The lowest BCUT2D eigenvalue weighted by molar-refractivity contribution is 0.0931. The van der Waals surface area contributed by atoms with E-state index in [4.69, 9.17) is 5.11 Å². The summed E-state index contributed by atoms with van der Waals surface area (Å²) in [6, 6.07) is 3.44. The first-order valence-electron chi connectivity index (χ1n) is 4.77. The summed E-state index contributed by atoms with van der Waals surface area (Å²) in [5, 5.41) is 11.9. The molecule has 4 nitrogen and oxygen atoms in total. The number of hydrogen-bond acceptors (Lipinski definition) is 3. The van der Waals surface area contributed by atoms with Crippen molar-refractivity contribution in [3.8, 4) is 0 Å². The molecule has 0 radical (unpaired) electrons. The van der Waals surface area contributed by atoms with Crippen LogP contribution in [-0.4, -0.2) is 40.2 Å². The third kappa shape index (κ3) is 3.28. The van der Waals surface area contributed by atoms with Crippen molar-refractivity contribution in [3.63, 3.8) is 0 Å². The zero-order valence-electron chi connectivity index (χ0n) is 8.86. The number of amides is 1. The summed E-state index contributed by atoms with van der Waals surface area (Å²) < 4.78 is 0. The Morgan fingerprint density at radius 3 is 2.93 bits per heavy atom. The van der Waals surface area contributed by atoms with Gasteiger partial charge in [-0.25, -0.2) is 0 Å². The Hall–Kier alpha value is -0.940. The van der Waals surface area contributed by atoms with E-state index in [1.807, 2.05) is 13.2 Å². The molecular formula is C10H16N2O2S. The second-order valence-corrected chi connectivity index (χ2v) is 4.38. The van der Waals surface area contributed by atoms with Crippen LogP contribution in [-0.2, 0) is 0 Å². The molecule has 0 bridgehead atoms. The number of carbonyl (C=O) groups excluding carboxylic acids is 1. The topological polar surface area (TPSA) is 65.1 Å². The molecule has 0 fully saturated rings. The molecule has 1 aromatic heterocycles. The van der Waals surface area contributed by atoms with Crippen LogP contribution in [0.25, 0.3) is 0 Å². The summed E-state index contributed by atoms with van der Waals surface area (Å²) >= 11 is 1.54. The molecule has 0 aliphatic carbocycles. The van der Waals surface area contributed by atoms with E-state index < -0.39 is 0 Å². The fraction of sp³-hybridized carbons (Fsp3) is 0.500. The molecule has 0 aliphatic heterocycles.